The molecule has 0 unspecified atom stereocenters. The molecule has 0 aliphatic carbocycles. The van der Waals surface area contributed by atoms with Gasteiger partial charge in [-0.25, -0.2) is 9.18 Å². The fraction of sp³-hybridized carbons (Fsp3) is 0.111. The van der Waals surface area contributed by atoms with Crippen LogP contribution in [0.3, 0.4) is 0 Å². The number of rotatable bonds is 1. The van der Waals surface area contributed by atoms with E-state index in [1.165, 1.54) is 17.7 Å². The maximum Gasteiger partial charge on any atom is 0.326 e. The van der Waals surface area contributed by atoms with Crippen molar-refractivity contribution in [1.29, 1.82) is 0 Å². The minimum absolute atomic E-state index is 0.232. The van der Waals surface area contributed by atoms with Crippen LogP contribution in [0.25, 0.3) is 11.0 Å². The van der Waals surface area contributed by atoms with Crippen molar-refractivity contribution in [3.05, 3.63) is 34.0 Å². The van der Waals surface area contributed by atoms with E-state index in [1.54, 1.807) is 0 Å². The van der Waals surface area contributed by atoms with Crippen molar-refractivity contribution in [2.75, 3.05) is 0 Å². The lowest BCUT2D eigenvalue weighted by atomic mass is 10.2. The number of carbonyl (C=O) groups excluding carboxylic acids is 1. The van der Waals surface area contributed by atoms with Gasteiger partial charge in [-0.1, -0.05) is 0 Å². The Labute approximate surface area is 83.3 Å². The standard InChI is InChI=1S/C9H8FN3O2/c1-13-7-3-5(10)4(8(11)14)2-6(7)12-9(13)15/h2-3H,1H3,(H2,11,14)(H,12,15). The number of aromatic nitrogens is 2. The number of H-pyrrole nitrogens is 1. The molecule has 0 saturated heterocycles. The molecular weight excluding hydrogens is 201 g/mol. The first kappa shape index (κ1) is 9.45. The fourth-order valence-corrected chi connectivity index (χ4v) is 1.44. The molecule has 1 aromatic carbocycles. The molecular formula is C9H8FN3O2. The molecule has 3 N–H and O–H groups in total. The summed E-state index contributed by atoms with van der Waals surface area (Å²) in [7, 11) is 1.50. The number of fused-ring (bicyclic) bond motifs is 1. The van der Waals surface area contributed by atoms with Crippen molar-refractivity contribution < 1.29 is 9.18 Å². The SMILES string of the molecule is Cn1c(=O)[nH]c2cc(C(N)=O)c(F)cc21. The molecule has 0 spiro atoms. The second kappa shape index (κ2) is 2.94. The minimum Gasteiger partial charge on any atom is -0.366 e. The number of hydrogen-bond acceptors (Lipinski definition) is 2. The number of aromatic amines is 1. The Morgan fingerprint density at radius 1 is 1.53 bits per heavy atom. The number of hydrogen-bond donors (Lipinski definition) is 2. The van der Waals surface area contributed by atoms with E-state index in [-0.39, 0.29) is 11.3 Å². The van der Waals surface area contributed by atoms with Crippen LogP contribution in [0.5, 0.6) is 0 Å². The summed E-state index contributed by atoms with van der Waals surface area (Å²) in [6, 6.07) is 2.34. The summed E-state index contributed by atoms with van der Waals surface area (Å²) >= 11 is 0. The predicted molar refractivity (Wildman–Crippen MR) is 52.0 cm³/mol. The molecule has 0 aliphatic heterocycles. The number of amides is 1. The van der Waals surface area contributed by atoms with E-state index in [1.807, 2.05) is 0 Å². The first-order valence-corrected chi connectivity index (χ1v) is 4.19. The van der Waals surface area contributed by atoms with Crippen LogP contribution in [0.2, 0.25) is 0 Å². The molecule has 1 amide bonds. The van der Waals surface area contributed by atoms with Gasteiger partial charge in [0.2, 0.25) is 0 Å². The number of benzene rings is 1. The van der Waals surface area contributed by atoms with Crippen LogP contribution in [-0.2, 0) is 7.05 Å². The van der Waals surface area contributed by atoms with E-state index in [9.17, 15) is 14.0 Å². The van der Waals surface area contributed by atoms with Gasteiger partial charge in [-0.3, -0.25) is 9.36 Å². The molecule has 0 fully saturated rings. The Hall–Kier alpha value is -2.11. The number of carbonyl (C=O) groups is 1. The van der Waals surface area contributed by atoms with Gasteiger partial charge in [0.25, 0.3) is 5.91 Å². The number of imidazole rings is 1. The molecule has 0 bridgehead atoms. The molecule has 2 aromatic rings. The van der Waals surface area contributed by atoms with Crippen molar-refractivity contribution in [1.82, 2.24) is 9.55 Å². The molecule has 6 heteroatoms. The lowest BCUT2D eigenvalue weighted by molar-refractivity contribution is 0.0996. The van der Waals surface area contributed by atoms with Gasteiger partial charge in [0.1, 0.15) is 5.82 Å². The highest BCUT2D eigenvalue weighted by Crippen LogP contribution is 2.15. The Kier molecular flexibility index (Phi) is 1.85. The Morgan fingerprint density at radius 2 is 2.20 bits per heavy atom. The molecule has 5 nitrogen and oxygen atoms in total. The van der Waals surface area contributed by atoms with E-state index in [2.05, 4.69) is 4.98 Å². The van der Waals surface area contributed by atoms with Gasteiger partial charge in [-0.2, -0.15) is 0 Å². The molecule has 0 atom stereocenters. The fourth-order valence-electron chi connectivity index (χ4n) is 1.44. The zero-order valence-electron chi connectivity index (χ0n) is 7.87. The maximum atomic E-state index is 13.3. The van der Waals surface area contributed by atoms with Crippen molar-refractivity contribution >= 4 is 16.9 Å². The van der Waals surface area contributed by atoms with Gasteiger partial charge >= 0.3 is 5.69 Å². The van der Waals surface area contributed by atoms with E-state index in [4.69, 9.17) is 5.73 Å². The first-order valence-electron chi connectivity index (χ1n) is 4.19. The summed E-state index contributed by atoms with van der Waals surface area (Å²) in [5, 5.41) is 0. The van der Waals surface area contributed by atoms with Gasteiger partial charge in [-0.05, 0) is 6.07 Å². The molecule has 0 saturated carbocycles. The van der Waals surface area contributed by atoms with Gasteiger partial charge < -0.3 is 10.7 Å². The lowest BCUT2D eigenvalue weighted by Crippen LogP contribution is -2.13. The average molecular weight is 209 g/mol. The molecule has 15 heavy (non-hydrogen) atoms. The topological polar surface area (TPSA) is 80.9 Å². The third-order valence-electron chi connectivity index (χ3n) is 2.26. The molecule has 1 aromatic heterocycles. The van der Waals surface area contributed by atoms with E-state index >= 15 is 0 Å². The first-order chi connectivity index (χ1) is 7.00. The summed E-state index contributed by atoms with van der Waals surface area (Å²) in [5.74, 6) is -1.59. The summed E-state index contributed by atoms with van der Waals surface area (Å²) in [4.78, 5) is 24.5. The summed E-state index contributed by atoms with van der Waals surface area (Å²) in [6.45, 7) is 0. The zero-order chi connectivity index (χ0) is 11.2. The van der Waals surface area contributed by atoms with Crippen LogP contribution >= 0.6 is 0 Å². The monoisotopic (exact) mass is 209 g/mol. The number of nitrogens with two attached hydrogens (primary N) is 1. The van der Waals surface area contributed by atoms with Crippen LogP contribution < -0.4 is 11.4 Å². The van der Waals surface area contributed by atoms with Crippen molar-refractivity contribution in [3.63, 3.8) is 0 Å². The van der Waals surface area contributed by atoms with Crippen molar-refractivity contribution in [2.45, 2.75) is 0 Å². The highest BCUT2D eigenvalue weighted by atomic mass is 19.1. The van der Waals surface area contributed by atoms with Crippen LogP contribution in [-0.4, -0.2) is 15.5 Å². The Bertz CT molecular complexity index is 612. The largest absolute Gasteiger partial charge is 0.366 e. The maximum absolute atomic E-state index is 13.3. The van der Waals surface area contributed by atoms with E-state index < -0.39 is 11.7 Å². The van der Waals surface area contributed by atoms with Crippen LogP contribution in [0.1, 0.15) is 10.4 Å². The summed E-state index contributed by atoms with van der Waals surface area (Å²) < 4.78 is 14.6. The van der Waals surface area contributed by atoms with Crippen LogP contribution in [0.4, 0.5) is 4.39 Å². The molecule has 78 valence electrons. The second-order valence-electron chi connectivity index (χ2n) is 3.20. The molecule has 0 aliphatic rings. The van der Waals surface area contributed by atoms with E-state index in [0.29, 0.717) is 11.0 Å². The smallest absolute Gasteiger partial charge is 0.326 e. The Morgan fingerprint density at radius 3 is 2.80 bits per heavy atom. The van der Waals surface area contributed by atoms with Crippen molar-refractivity contribution in [2.24, 2.45) is 12.8 Å². The van der Waals surface area contributed by atoms with Crippen molar-refractivity contribution in [3.8, 4) is 0 Å². The number of aryl methyl sites for hydroxylation is 1. The van der Waals surface area contributed by atoms with Gasteiger partial charge in [0.15, 0.2) is 0 Å². The van der Waals surface area contributed by atoms with Crippen LogP contribution in [0, 0.1) is 5.82 Å². The Balaban J connectivity index is 2.88. The quantitative estimate of drug-likeness (QED) is 0.698. The zero-order valence-corrected chi connectivity index (χ0v) is 7.87. The number of halogens is 1. The average Bonchev–Trinajstić information content (AvgIpc) is 2.43. The summed E-state index contributed by atoms with van der Waals surface area (Å²) in [6.07, 6.45) is 0. The van der Waals surface area contributed by atoms with Gasteiger partial charge in [0.05, 0.1) is 16.6 Å². The second-order valence-corrected chi connectivity index (χ2v) is 3.20. The third-order valence-corrected chi connectivity index (χ3v) is 2.26. The molecule has 1 heterocycles. The highest BCUT2D eigenvalue weighted by molar-refractivity contribution is 5.96. The number of nitrogens with one attached hydrogen (secondary N) is 1. The normalized spacial score (nSPS) is 10.8. The van der Waals surface area contributed by atoms with Gasteiger partial charge in [-0.15, -0.1) is 0 Å². The minimum atomic E-state index is -0.862. The number of primary amides is 1. The highest BCUT2D eigenvalue weighted by Gasteiger charge is 2.12. The molecule has 0 radical (unpaired) electrons. The number of nitrogens with zero attached hydrogens (tertiary/aromatic N) is 1. The third kappa shape index (κ3) is 1.30. The van der Waals surface area contributed by atoms with E-state index in [0.717, 1.165) is 6.07 Å². The molecule has 2 rings (SSSR count). The summed E-state index contributed by atoms with van der Waals surface area (Å²) in [5.41, 5.74) is 5.15. The van der Waals surface area contributed by atoms with Crippen LogP contribution in [0.15, 0.2) is 16.9 Å². The lowest BCUT2D eigenvalue weighted by Gasteiger charge is -1.99. The predicted octanol–water partition coefficient (Wildman–Crippen LogP) is 0.105. The van der Waals surface area contributed by atoms with Gasteiger partial charge in [0, 0.05) is 13.1 Å².